The van der Waals surface area contributed by atoms with Crippen molar-refractivity contribution in [3.63, 3.8) is 0 Å². The van der Waals surface area contributed by atoms with Crippen LogP contribution in [0.1, 0.15) is 31.2 Å². The molecule has 0 saturated carbocycles. The molecule has 0 radical (unpaired) electrons. The Morgan fingerprint density at radius 3 is 2.95 bits per heavy atom. The van der Waals surface area contributed by atoms with Gasteiger partial charge in [0, 0.05) is 12.6 Å². The van der Waals surface area contributed by atoms with Crippen molar-refractivity contribution in [1.82, 2.24) is 15.1 Å². The fraction of sp³-hybridized carbons (Fsp3) is 0.636. The Morgan fingerprint density at radius 2 is 2.32 bits per heavy atom. The monoisotopic (exact) mass is 284 g/mol. The second-order valence-corrected chi connectivity index (χ2v) is 5.43. The van der Waals surface area contributed by atoms with Gasteiger partial charge < -0.3 is 10.0 Å². The van der Waals surface area contributed by atoms with Crippen LogP contribution in [0.5, 0.6) is 0 Å². The molecule has 2 amide bonds. The highest BCUT2D eigenvalue weighted by Crippen LogP contribution is 2.22. The maximum absolute atomic E-state index is 12.1. The fourth-order valence-corrected chi connectivity index (χ4v) is 2.80. The second kappa shape index (κ2) is 5.96. The van der Waals surface area contributed by atoms with E-state index in [1.165, 1.54) is 11.3 Å². The molecule has 2 heterocycles. The number of carbonyl (C=O) groups excluding carboxylic acids is 1. The summed E-state index contributed by atoms with van der Waals surface area (Å²) in [7, 11) is 0. The molecule has 1 unspecified atom stereocenters. The van der Waals surface area contributed by atoms with E-state index in [1.54, 1.807) is 4.90 Å². The van der Waals surface area contributed by atoms with Crippen molar-refractivity contribution in [2.75, 3.05) is 11.9 Å². The van der Waals surface area contributed by atoms with Gasteiger partial charge in [0.1, 0.15) is 5.01 Å². The van der Waals surface area contributed by atoms with Gasteiger partial charge >= 0.3 is 12.0 Å². The van der Waals surface area contributed by atoms with Crippen molar-refractivity contribution >= 4 is 28.5 Å². The van der Waals surface area contributed by atoms with E-state index in [0.717, 1.165) is 24.3 Å². The number of likely N-dealkylation sites (tertiary alicyclic amines) is 1. The van der Waals surface area contributed by atoms with E-state index in [2.05, 4.69) is 15.5 Å². The van der Waals surface area contributed by atoms with Crippen molar-refractivity contribution in [3.8, 4) is 0 Å². The average molecular weight is 284 g/mol. The predicted octanol–water partition coefficient (Wildman–Crippen LogP) is 1.57. The Labute approximate surface area is 114 Å². The molecular formula is C11H16N4O3S. The predicted molar refractivity (Wildman–Crippen MR) is 70.3 cm³/mol. The van der Waals surface area contributed by atoms with E-state index in [4.69, 9.17) is 5.11 Å². The SMILES string of the molecule is CCc1nnc(NC(=O)N2CCCC2CC(=O)O)s1. The largest absolute Gasteiger partial charge is 0.481 e. The number of hydrogen-bond acceptors (Lipinski definition) is 5. The molecule has 1 aliphatic rings. The maximum atomic E-state index is 12.1. The van der Waals surface area contributed by atoms with Gasteiger partial charge in [-0.15, -0.1) is 10.2 Å². The Bertz CT molecular complexity index is 476. The summed E-state index contributed by atoms with van der Waals surface area (Å²) in [4.78, 5) is 24.4. The smallest absolute Gasteiger partial charge is 0.323 e. The van der Waals surface area contributed by atoms with Crippen molar-refractivity contribution < 1.29 is 14.7 Å². The molecule has 104 valence electrons. The summed E-state index contributed by atoms with van der Waals surface area (Å²) < 4.78 is 0. The zero-order valence-electron chi connectivity index (χ0n) is 10.6. The first-order valence-corrected chi connectivity index (χ1v) is 7.03. The number of urea groups is 1. The molecule has 2 N–H and O–H groups in total. The molecule has 1 atom stereocenters. The molecule has 1 fully saturated rings. The molecule has 2 rings (SSSR count). The minimum atomic E-state index is -0.881. The summed E-state index contributed by atoms with van der Waals surface area (Å²) in [6.45, 7) is 2.55. The van der Waals surface area contributed by atoms with Crippen LogP contribution in [-0.4, -0.2) is 44.8 Å². The lowest BCUT2D eigenvalue weighted by atomic mass is 10.1. The van der Waals surface area contributed by atoms with Gasteiger partial charge in [-0.05, 0) is 19.3 Å². The van der Waals surface area contributed by atoms with Crippen LogP contribution >= 0.6 is 11.3 Å². The molecular weight excluding hydrogens is 268 g/mol. The number of anilines is 1. The van der Waals surface area contributed by atoms with E-state index in [9.17, 15) is 9.59 Å². The van der Waals surface area contributed by atoms with Crippen LogP contribution < -0.4 is 5.32 Å². The lowest BCUT2D eigenvalue weighted by Crippen LogP contribution is -2.39. The van der Waals surface area contributed by atoms with E-state index in [0.29, 0.717) is 11.7 Å². The summed E-state index contributed by atoms with van der Waals surface area (Å²) in [6, 6.07) is -0.515. The van der Waals surface area contributed by atoms with Gasteiger partial charge in [-0.1, -0.05) is 18.3 Å². The second-order valence-electron chi connectivity index (χ2n) is 4.37. The van der Waals surface area contributed by atoms with Gasteiger partial charge in [0.25, 0.3) is 0 Å². The molecule has 7 nitrogen and oxygen atoms in total. The van der Waals surface area contributed by atoms with Gasteiger partial charge in [-0.3, -0.25) is 10.1 Å². The van der Waals surface area contributed by atoms with Crippen molar-refractivity contribution in [2.24, 2.45) is 0 Å². The molecule has 1 saturated heterocycles. The number of hydrogen-bond donors (Lipinski definition) is 2. The molecule has 0 aromatic carbocycles. The highest BCUT2D eigenvalue weighted by Gasteiger charge is 2.30. The Kier molecular flexibility index (Phi) is 4.31. The zero-order valence-corrected chi connectivity index (χ0v) is 11.4. The summed E-state index contributed by atoms with van der Waals surface area (Å²) in [6.07, 6.45) is 2.33. The van der Waals surface area contributed by atoms with Crippen LogP contribution in [0, 0.1) is 0 Å². The molecule has 0 aliphatic carbocycles. The van der Waals surface area contributed by atoms with Crippen molar-refractivity contribution in [3.05, 3.63) is 5.01 Å². The summed E-state index contributed by atoms with van der Waals surface area (Å²) in [5.74, 6) is -0.881. The van der Waals surface area contributed by atoms with Crippen LogP contribution in [0.25, 0.3) is 0 Å². The minimum absolute atomic E-state index is 0.0102. The van der Waals surface area contributed by atoms with Crippen LogP contribution in [0.4, 0.5) is 9.93 Å². The number of aliphatic carboxylic acids is 1. The molecule has 19 heavy (non-hydrogen) atoms. The van der Waals surface area contributed by atoms with Crippen molar-refractivity contribution in [2.45, 2.75) is 38.6 Å². The Morgan fingerprint density at radius 1 is 1.53 bits per heavy atom. The molecule has 0 spiro atoms. The highest BCUT2D eigenvalue weighted by molar-refractivity contribution is 7.15. The summed E-state index contributed by atoms with van der Waals surface area (Å²) in [5, 5.41) is 20.6. The summed E-state index contributed by atoms with van der Waals surface area (Å²) >= 11 is 1.34. The lowest BCUT2D eigenvalue weighted by molar-refractivity contribution is -0.137. The van der Waals surface area contributed by atoms with Crippen molar-refractivity contribution in [1.29, 1.82) is 0 Å². The number of aryl methyl sites for hydroxylation is 1. The number of carboxylic acid groups (broad SMARTS) is 1. The highest BCUT2D eigenvalue weighted by atomic mass is 32.1. The number of carbonyl (C=O) groups is 2. The number of nitrogens with zero attached hydrogens (tertiary/aromatic N) is 3. The Balaban J connectivity index is 1.96. The third-order valence-corrected chi connectivity index (χ3v) is 4.01. The molecule has 1 aliphatic heterocycles. The van der Waals surface area contributed by atoms with E-state index in [-0.39, 0.29) is 18.5 Å². The molecule has 8 heteroatoms. The minimum Gasteiger partial charge on any atom is -0.481 e. The van der Waals surface area contributed by atoms with E-state index < -0.39 is 5.97 Å². The number of aromatic nitrogens is 2. The number of carboxylic acids is 1. The van der Waals surface area contributed by atoms with Gasteiger partial charge in [0.15, 0.2) is 0 Å². The maximum Gasteiger partial charge on any atom is 0.323 e. The fourth-order valence-electron chi connectivity index (χ4n) is 2.13. The summed E-state index contributed by atoms with van der Waals surface area (Å²) in [5.41, 5.74) is 0. The van der Waals surface area contributed by atoms with E-state index in [1.807, 2.05) is 6.92 Å². The third-order valence-electron chi connectivity index (χ3n) is 3.03. The van der Waals surface area contributed by atoms with Crippen LogP contribution in [0.2, 0.25) is 0 Å². The normalized spacial score (nSPS) is 18.6. The quantitative estimate of drug-likeness (QED) is 0.875. The standard InChI is InChI=1S/C11H16N4O3S/c1-2-8-13-14-10(19-8)12-11(18)15-5-3-4-7(15)6-9(16)17/h7H,2-6H2,1H3,(H,16,17)(H,12,14,18). The Hall–Kier alpha value is -1.70. The van der Waals surface area contributed by atoms with Gasteiger partial charge in [0.05, 0.1) is 6.42 Å². The first kappa shape index (κ1) is 13.7. The van der Waals surface area contributed by atoms with Gasteiger partial charge in [0.2, 0.25) is 5.13 Å². The average Bonchev–Trinajstić information content (AvgIpc) is 2.97. The molecule has 1 aromatic rings. The van der Waals surface area contributed by atoms with Gasteiger partial charge in [-0.2, -0.15) is 0 Å². The number of rotatable bonds is 4. The zero-order chi connectivity index (χ0) is 13.8. The van der Waals surface area contributed by atoms with Crippen LogP contribution in [-0.2, 0) is 11.2 Å². The molecule has 1 aromatic heterocycles. The van der Waals surface area contributed by atoms with Crippen LogP contribution in [0.3, 0.4) is 0 Å². The topological polar surface area (TPSA) is 95.4 Å². The van der Waals surface area contributed by atoms with E-state index >= 15 is 0 Å². The number of amides is 2. The number of nitrogens with one attached hydrogen (secondary N) is 1. The first-order valence-electron chi connectivity index (χ1n) is 6.22. The van der Waals surface area contributed by atoms with Crippen LogP contribution in [0.15, 0.2) is 0 Å². The first-order chi connectivity index (χ1) is 9.10. The lowest BCUT2D eigenvalue weighted by Gasteiger charge is -2.22. The van der Waals surface area contributed by atoms with Gasteiger partial charge in [-0.25, -0.2) is 4.79 Å². The molecule has 0 bridgehead atoms. The third kappa shape index (κ3) is 3.40.